The van der Waals surface area contributed by atoms with Crippen LogP contribution >= 0.6 is 0 Å². The van der Waals surface area contributed by atoms with Gasteiger partial charge >= 0.3 is 0 Å². The summed E-state index contributed by atoms with van der Waals surface area (Å²) < 4.78 is 77.9. The van der Waals surface area contributed by atoms with Gasteiger partial charge in [0, 0.05) is 55.8 Å². The zero-order valence-corrected chi connectivity index (χ0v) is 30.7. The van der Waals surface area contributed by atoms with Gasteiger partial charge in [-0.3, -0.25) is 0 Å². The number of fused-ring (bicyclic) bond motifs is 3. The van der Waals surface area contributed by atoms with E-state index in [1.165, 1.54) is 12.4 Å². The van der Waals surface area contributed by atoms with Crippen LogP contribution in [0.3, 0.4) is 0 Å². The standard InChI is InChI=1S/C35H30NO.C12H10N.Ir/c1-22-19-25(35(3,4)5)17-18-26(22)31-20-32(36-21-23(31)2)30-16-10-15-29-28-14-9-13-27(33(28)37-34(29)30)24-11-7-6-8-12-24;1-10-7-8-12(13-9-10)11-5-3-2-4-6-11;/h6-15,17-21H,1-5H3;2-5,7-9H,1H3;/q2*-1;/i1D3,2D3;1D3;. The Balaban J connectivity index is 0.000000298. The molecule has 3 heterocycles. The number of pyridine rings is 2. The first kappa shape index (κ1) is 25.7. The number of hydrogen-bond donors (Lipinski definition) is 0. The van der Waals surface area contributed by atoms with Crippen molar-refractivity contribution < 1.29 is 36.9 Å². The van der Waals surface area contributed by atoms with Gasteiger partial charge < -0.3 is 14.4 Å². The third-order valence-electron chi connectivity index (χ3n) is 8.63. The number of nitrogens with zero attached hydrogens (tertiary/aromatic N) is 2. The maximum atomic E-state index is 8.33. The topological polar surface area (TPSA) is 38.9 Å². The van der Waals surface area contributed by atoms with Crippen molar-refractivity contribution in [2.75, 3.05) is 0 Å². The fraction of sp³-hybridized carbons (Fsp3) is 0.149. The number of benzene rings is 5. The van der Waals surface area contributed by atoms with Gasteiger partial charge in [0.05, 0.1) is 5.58 Å². The van der Waals surface area contributed by atoms with Crippen molar-refractivity contribution in [1.82, 2.24) is 9.97 Å². The number of aryl methyl sites for hydroxylation is 3. The Morgan fingerprint density at radius 2 is 1.41 bits per heavy atom. The van der Waals surface area contributed by atoms with Gasteiger partial charge in [0.15, 0.2) is 0 Å². The second-order valence-electron chi connectivity index (χ2n) is 13.1. The van der Waals surface area contributed by atoms with Gasteiger partial charge in [0.2, 0.25) is 0 Å². The smallest absolute Gasteiger partial charge is 0.128 e. The van der Waals surface area contributed by atoms with Crippen molar-refractivity contribution in [2.24, 2.45) is 0 Å². The first-order chi connectivity index (χ1) is 27.8. The monoisotopic (exact) mass is 850 g/mol. The number of para-hydroxylation sites is 1. The minimum atomic E-state index is -2.52. The third kappa shape index (κ3) is 7.49. The van der Waals surface area contributed by atoms with Gasteiger partial charge in [-0.1, -0.05) is 117 Å². The van der Waals surface area contributed by atoms with Crippen LogP contribution in [0.15, 0.2) is 138 Å². The van der Waals surface area contributed by atoms with Crippen molar-refractivity contribution in [3.05, 3.63) is 168 Å². The van der Waals surface area contributed by atoms with Crippen LogP contribution in [0.5, 0.6) is 0 Å². The molecular formula is C47H40IrN2O-2. The van der Waals surface area contributed by atoms with E-state index in [4.69, 9.17) is 16.8 Å². The van der Waals surface area contributed by atoms with E-state index in [0.717, 1.165) is 44.3 Å². The van der Waals surface area contributed by atoms with Crippen LogP contribution in [-0.2, 0) is 25.5 Å². The zero-order chi connectivity index (χ0) is 42.3. The summed E-state index contributed by atoms with van der Waals surface area (Å²) in [5.41, 5.74) is 7.39. The molecule has 0 amide bonds. The van der Waals surface area contributed by atoms with Crippen molar-refractivity contribution in [1.29, 1.82) is 0 Å². The minimum absolute atomic E-state index is 0. The summed E-state index contributed by atoms with van der Waals surface area (Å²) in [5.74, 6) is 0. The fourth-order valence-electron chi connectivity index (χ4n) is 5.97. The first-order valence-corrected chi connectivity index (χ1v) is 16.3. The molecule has 8 rings (SSSR count). The van der Waals surface area contributed by atoms with Crippen LogP contribution in [-0.4, -0.2) is 9.97 Å². The van der Waals surface area contributed by atoms with Gasteiger partial charge in [-0.2, -0.15) is 0 Å². The Morgan fingerprint density at radius 1 is 0.608 bits per heavy atom. The molecule has 0 bridgehead atoms. The Bertz CT molecular complexity index is 2750. The molecule has 3 aromatic heterocycles. The van der Waals surface area contributed by atoms with E-state index in [-0.39, 0.29) is 42.2 Å². The van der Waals surface area contributed by atoms with Gasteiger partial charge in [-0.15, -0.1) is 54.1 Å². The van der Waals surface area contributed by atoms with Crippen LogP contribution in [0.1, 0.15) is 55.4 Å². The Hall–Kier alpha value is -5.15. The van der Waals surface area contributed by atoms with E-state index < -0.39 is 20.6 Å². The molecule has 0 unspecified atom stereocenters. The summed E-state index contributed by atoms with van der Waals surface area (Å²) in [5, 5.41) is 1.82. The molecule has 51 heavy (non-hydrogen) atoms. The molecule has 0 saturated heterocycles. The fourth-order valence-corrected chi connectivity index (χ4v) is 5.97. The van der Waals surface area contributed by atoms with Gasteiger partial charge in [0.25, 0.3) is 0 Å². The average Bonchev–Trinajstić information content (AvgIpc) is 3.59. The molecule has 1 radical (unpaired) electrons. The minimum Gasteiger partial charge on any atom is -0.500 e. The van der Waals surface area contributed by atoms with E-state index in [1.807, 2.05) is 99.6 Å². The molecule has 0 saturated carbocycles. The molecule has 5 aromatic carbocycles. The number of rotatable bonds is 4. The van der Waals surface area contributed by atoms with E-state index >= 15 is 0 Å². The number of hydrogen-bond acceptors (Lipinski definition) is 3. The zero-order valence-electron chi connectivity index (χ0n) is 37.3. The van der Waals surface area contributed by atoms with E-state index in [0.29, 0.717) is 28.0 Å². The van der Waals surface area contributed by atoms with Crippen LogP contribution in [0, 0.1) is 32.7 Å². The molecule has 0 aliphatic heterocycles. The summed E-state index contributed by atoms with van der Waals surface area (Å²) in [6.07, 6.45) is 2.71. The maximum Gasteiger partial charge on any atom is 0.128 e. The summed E-state index contributed by atoms with van der Waals surface area (Å²) in [7, 11) is 0. The van der Waals surface area contributed by atoms with Gasteiger partial charge in [-0.25, -0.2) is 0 Å². The number of furan rings is 1. The molecule has 0 fully saturated rings. The van der Waals surface area contributed by atoms with E-state index in [2.05, 4.69) is 22.1 Å². The average molecular weight is 850 g/mol. The Morgan fingerprint density at radius 3 is 2.14 bits per heavy atom. The molecule has 3 nitrogen and oxygen atoms in total. The summed E-state index contributed by atoms with van der Waals surface area (Å²) in [4.78, 5) is 8.68. The van der Waals surface area contributed by atoms with E-state index in [9.17, 15) is 0 Å². The van der Waals surface area contributed by atoms with Crippen molar-refractivity contribution in [3.8, 4) is 44.8 Å². The quantitative estimate of drug-likeness (QED) is 0.166. The predicted molar refractivity (Wildman–Crippen MR) is 208 cm³/mol. The predicted octanol–water partition coefficient (Wildman–Crippen LogP) is 12.6. The maximum absolute atomic E-state index is 8.33. The normalized spacial score (nSPS) is 14.5. The van der Waals surface area contributed by atoms with Crippen molar-refractivity contribution in [2.45, 2.75) is 46.7 Å². The molecule has 8 aromatic rings. The SMILES string of the molecule is [2H]C([2H])([2H])c1ccc(-c2[c-]cccc2)nc1.[2H]C([2H])([2H])c1cnc(-c2[c-]ccc3c2oc2c(-c4ccccc4)cccc23)cc1-c1ccc(C(C)(C)C)cc1C([2H])([2H])[2H].[Ir]. The first-order valence-electron chi connectivity index (χ1n) is 20.8. The molecule has 0 N–H and O–H groups in total. The van der Waals surface area contributed by atoms with Gasteiger partial charge in [0.1, 0.15) is 5.58 Å². The summed E-state index contributed by atoms with van der Waals surface area (Å²) in [6.45, 7) is -1.05. The van der Waals surface area contributed by atoms with Crippen molar-refractivity contribution >= 4 is 21.9 Å². The molecule has 0 spiro atoms. The van der Waals surface area contributed by atoms with Crippen LogP contribution in [0.2, 0.25) is 0 Å². The summed E-state index contributed by atoms with van der Waals surface area (Å²) in [6, 6.07) is 43.7. The molecule has 255 valence electrons. The van der Waals surface area contributed by atoms with Crippen molar-refractivity contribution in [3.63, 3.8) is 0 Å². The van der Waals surface area contributed by atoms with Crippen LogP contribution in [0.25, 0.3) is 66.7 Å². The largest absolute Gasteiger partial charge is 0.500 e. The van der Waals surface area contributed by atoms with E-state index in [1.54, 1.807) is 42.5 Å². The van der Waals surface area contributed by atoms with Crippen LogP contribution in [0.4, 0.5) is 0 Å². The second-order valence-corrected chi connectivity index (χ2v) is 13.1. The molecule has 0 atom stereocenters. The Labute approximate surface area is 327 Å². The molecule has 0 aliphatic rings. The summed E-state index contributed by atoms with van der Waals surface area (Å²) >= 11 is 0. The third-order valence-corrected chi connectivity index (χ3v) is 8.63. The molecule has 4 heteroatoms. The van der Waals surface area contributed by atoms with Crippen LogP contribution < -0.4 is 0 Å². The molecular weight excluding hydrogens is 801 g/mol. The Kier molecular flexibility index (Phi) is 7.57. The second kappa shape index (κ2) is 15.0. The number of aromatic nitrogens is 2. The van der Waals surface area contributed by atoms with Gasteiger partial charge in [-0.05, 0) is 76.3 Å². The molecule has 0 aliphatic carbocycles.